The summed E-state index contributed by atoms with van der Waals surface area (Å²) in [6.07, 6.45) is 0.504. The van der Waals surface area contributed by atoms with Crippen LogP contribution in [0, 0.1) is 18.8 Å². The maximum Gasteiger partial charge on any atom is 0.257 e. The van der Waals surface area contributed by atoms with E-state index in [4.69, 9.17) is 16.0 Å². The third kappa shape index (κ3) is 2.93. The highest BCUT2D eigenvalue weighted by molar-refractivity contribution is 6.33. The molecule has 1 aromatic carbocycles. The van der Waals surface area contributed by atoms with Gasteiger partial charge in [-0.3, -0.25) is 9.59 Å². The van der Waals surface area contributed by atoms with Crippen molar-refractivity contribution in [3.8, 4) is 11.3 Å². The van der Waals surface area contributed by atoms with Crippen LogP contribution in [0.3, 0.4) is 0 Å². The number of benzene rings is 1. The van der Waals surface area contributed by atoms with Crippen LogP contribution >= 0.6 is 11.6 Å². The number of halogens is 1. The van der Waals surface area contributed by atoms with Crippen LogP contribution in [0.25, 0.3) is 11.3 Å². The highest BCUT2D eigenvalue weighted by atomic mass is 35.5. The predicted octanol–water partition coefficient (Wildman–Crippen LogP) is 3.12. The summed E-state index contributed by atoms with van der Waals surface area (Å²) in [7, 11) is 0. The smallest absolute Gasteiger partial charge is 0.257 e. The third-order valence-corrected chi connectivity index (χ3v) is 5.49. The van der Waals surface area contributed by atoms with Crippen molar-refractivity contribution in [2.75, 3.05) is 19.6 Å². The highest BCUT2D eigenvalue weighted by Crippen LogP contribution is 2.33. The molecule has 2 aliphatic heterocycles. The van der Waals surface area contributed by atoms with Gasteiger partial charge in [0.1, 0.15) is 11.5 Å². The monoisotopic (exact) mass is 358 g/mol. The Kier molecular flexibility index (Phi) is 4.04. The van der Waals surface area contributed by atoms with E-state index in [1.54, 1.807) is 19.1 Å². The van der Waals surface area contributed by atoms with Gasteiger partial charge in [-0.2, -0.15) is 0 Å². The Balaban J connectivity index is 1.57. The average Bonchev–Trinajstić information content (AvgIpc) is 3.18. The second-order valence-electron chi connectivity index (χ2n) is 6.80. The fraction of sp³-hybridized carbons (Fsp3) is 0.368. The van der Waals surface area contributed by atoms with Crippen molar-refractivity contribution in [2.24, 2.45) is 11.8 Å². The standard InChI is InChI=1S/C19H19ClN2O3/c1-11-15(7-17(25-11)14-4-2-3-5-16(14)20)19(24)22-9-12-6-18(23)21-8-13(12)10-22/h2-5,7,12-13H,6,8-10H2,1H3,(H,21,23)/t12-,13+/m1/s1. The van der Waals surface area contributed by atoms with Gasteiger partial charge in [-0.25, -0.2) is 0 Å². The van der Waals surface area contributed by atoms with Crippen LogP contribution in [0.5, 0.6) is 0 Å². The van der Waals surface area contributed by atoms with Crippen molar-refractivity contribution in [1.29, 1.82) is 0 Å². The molecule has 0 unspecified atom stereocenters. The molecular weight excluding hydrogens is 340 g/mol. The molecule has 5 nitrogen and oxygen atoms in total. The first kappa shape index (κ1) is 16.2. The van der Waals surface area contributed by atoms with Gasteiger partial charge in [-0.1, -0.05) is 23.7 Å². The number of amides is 2. The van der Waals surface area contributed by atoms with Crippen molar-refractivity contribution in [3.05, 3.63) is 46.7 Å². The van der Waals surface area contributed by atoms with E-state index in [0.717, 1.165) is 5.56 Å². The zero-order valence-corrected chi connectivity index (χ0v) is 14.7. The Hall–Kier alpha value is -2.27. The largest absolute Gasteiger partial charge is 0.460 e. The summed E-state index contributed by atoms with van der Waals surface area (Å²) in [5.74, 6) is 1.83. The number of hydrogen-bond acceptors (Lipinski definition) is 3. The summed E-state index contributed by atoms with van der Waals surface area (Å²) >= 11 is 6.23. The van der Waals surface area contributed by atoms with Gasteiger partial charge in [-0.15, -0.1) is 0 Å². The lowest BCUT2D eigenvalue weighted by atomic mass is 9.89. The predicted molar refractivity (Wildman–Crippen MR) is 94.4 cm³/mol. The molecule has 2 aliphatic rings. The molecule has 0 aliphatic carbocycles. The Labute approximate surface area is 150 Å². The van der Waals surface area contributed by atoms with E-state index in [1.165, 1.54) is 0 Å². The summed E-state index contributed by atoms with van der Waals surface area (Å²) in [4.78, 5) is 26.3. The summed E-state index contributed by atoms with van der Waals surface area (Å²) in [5.41, 5.74) is 1.34. The SMILES string of the molecule is Cc1oc(-c2ccccc2Cl)cc1C(=O)N1C[C@H]2CC(=O)NC[C@H]2C1. The number of likely N-dealkylation sites (tertiary alicyclic amines) is 1. The zero-order chi connectivity index (χ0) is 17.6. The van der Waals surface area contributed by atoms with E-state index in [2.05, 4.69) is 5.32 Å². The maximum absolute atomic E-state index is 12.9. The van der Waals surface area contributed by atoms with E-state index in [9.17, 15) is 9.59 Å². The van der Waals surface area contributed by atoms with Gasteiger partial charge in [0.15, 0.2) is 0 Å². The summed E-state index contributed by atoms with van der Waals surface area (Å²) in [6, 6.07) is 9.18. The lowest BCUT2D eigenvalue weighted by molar-refractivity contribution is -0.124. The van der Waals surface area contributed by atoms with Crippen LogP contribution in [0.15, 0.2) is 34.7 Å². The Bertz CT molecular complexity index is 845. The van der Waals surface area contributed by atoms with Crippen molar-refractivity contribution >= 4 is 23.4 Å². The van der Waals surface area contributed by atoms with Crippen LogP contribution in [0.1, 0.15) is 22.5 Å². The number of piperidine rings is 1. The molecule has 6 heteroatoms. The van der Waals surface area contributed by atoms with Gasteiger partial charge in [0.2, 0.25) is 5.91 Å². The Morgan fingerprint density at radius 1 is 1.28 bits per heavy atom. The summed E-state index contributed by atoms with van der Waals surface area (Å²) < 4.78 is 5.80. The fourth-order valence-electron chi connectivity index (χ4n) is 3.78. The van der Waals surface area contributed by atoms with Gasteiger partial charge in [0, 0.05) is 31.6 Å². The molecule has 2 aromatic rings. The third-order valence-electron chi connectivity index (χ3n) is 5.16. The van der Waals surface area contributed by atoms with Gasteiger partial charge >= 0.3 is 0 Å². The lowest BCUT2D eigenvalue weighted by Gasteiger charge is -2.23. The average molecular weight is 359 g/mol. The van der Waals surface area contributed by atoms with E-state index >= 15 is 0 Å². The molecule has 0 saturated carbocycles. The minimum Gasteiger partial charge on any atom is -0.460 e. The van der Waals surface area contributed by atoms with Crippen LogP contribution < -0.4 is 5.32 Å². The second kappa shape index (κ2) is 6.23. The molecule has 0 radical (unpaired) electrons. The number of hydrogen-bond donors (Lipinski definition) is 1. The van der Waals surface area contributed by atoms with Crippen LogP contribution in [0.4, 0.5) is 0 Å². The van der Waals surface area contributed by atoms with Gasteiger partial charge in [0.25, 0.3) is 5.91 Å². The number of fused-ring (bicyclic) bond motifs is 1. The molecule has 2 atom stereocenters. The number of nitrogens with one attached hydrogen (secondary N) is 1. The number of furan rings is 1. The normalized spacial score (nSPS) is 22.6. The van der Waals surface area contributed by atoms with Gasteiger partial charge < -0.3 is 14.6 Å². The minimum absolute atomic E-state index is 0.0404. The number of carbonyl (C=O) groups excluding carboxylic acids is 2. The van der Waals surface area contributed by atoms with Crippen LogP contribution in [-0.4, -0.2) is 36.3 Å². The Morgan fingerprint density at radius 3 is 2.84 bits per heavy atom. The molecule has 1 aromatic heterocycles. The maximum atomic E-state index is 12.9. The first-order valence-corrected chi connectivity index (χ1v) is 8.82. The second-order valence-corrected chi connectivity index (χ2v) is 7.21. The molecule has 1 N–H and O–H groups in total. The molecule has 3 heterocycles. The molecular formula is C19H19ClN2O3. The molecule has 2 amide bonds. The number of nitrogens with zero attached hydrogens (tertiary/aromatic N) is 1. The van der Waals surface area contributed by atoms with Gasteiger partial charge in [0.05, 0.1) is 10.6 Å². The quantitative estimate of drug-likeness (QED) is 0.897. The zero-order valence-electron chi connectivity index (χ0n) is 13.9. The summed E-state index contributed by atoms with van der Waals surface area (Å²) in [5, 5.41) is 3.48. The number of rotatable bonds is 2. The van der Waals surface area contributed by atoms with Crippen molar-refractivity contribution in [2.45, 2.75) is 13.3 Å². The fourth-order valence-corrected chi connectivity index (χ4v) is 4.01. The van der Waals surface area contributed by atoms with E-state index in [1.807, 2.05) is 23.1 Å². The van der Waals surface area contributed by atoms with Crippen molar-refractivity contribution in [3.63, 3.8) is 0 Å². The van der Waals surface area contributed by atoms with E-state index in [-0.39, 0.29) is 17.7 Å². The van der Waals surface area contributed by atoms with Crippen molar-refractivity contribution < 1.29 is 14.0 Å². The first-order valence-electron chi connectivity index (χ1n) is 8.44. The topological polar surface area (TPSA) is 62.6 Å². The lowest BCUT2D eigenvalue weighted by Crippen LogP contribution is -2.40. The molecule has 25 heavy (non-hydrogen) atoms. The van der Waals surface area contributed by atoms with Crippen LogP contribution in [-0.2, 0) is 4.79 Å². The highest BCUT2D eigenvalue weighted by Gasteiger charge is 2.39. The Morgan fingerprint density at radius 2 is 2.04 bits per heavy atom. The molecule has 2 fully saturated rings. The molecule has 0 bridgehead atoms. The molecule has 4 rings (SSSR count). The van der Waals surface area contributed by atoms with Gasteiger partial charge in [-0.05, 0) is 37.0 Å². The van der Waals surface area contributed by atoms with E-state index < -0.39 is 0 Å². The van der Waals surface area contributed by atoms with E-state index in [0.29, 0.717) is 54.1 Å². The summed E-state index contributed by atoms with van der Waals surface area (Å²) in [6.45, 7) is 3.75. The first-order chi connectivity index (χ1) is 12.0. The number of aryl methyl sites for hydroxylation is 1. The molecule has 0 spiro atoms. The molecule has 2 saturated heterocycles. The number of carbonyl (C=O) groups is 2. The van der Waals surface area contributed by atoms with Crippen molar-refractivity contribution in [1.82, 2.24) is 10.2 Å². The molecule has 130 valence electrons. The van der Waals surface area contributed by atoms with Crippen LogP contribution in [0.2, 0.25) is 5.02 Å². The minimum atomic E-state index is -0.0404.